The number of amides is 2. The molecule has 0 unspecified atom stereocenters. The predicted octanol–water partition coefficient (Wildman–Crippen LogP) is 2.06. The number of benzene rings is 1. The Morgan fingerprint density at radius 2 is 2.00 bits per heavy atom. The molecule has 0 bridgehead atoms. The predicted molar refractivity (Wildman–Crippen MR) is 96.9 cm³/mol. The first-order valence-electron chi connectivity index (χ1n) is 8.66. The number of nitrogens with one attached hydrogen (secondary N) is 1. The molecular formula is C19H24N4O2. The number of hydrogen-bond donors (Lipinski definition) is 2. The molecule has 1 aromatic heterocycles. The van der Waals surface area contributed by atoms with Crippen LogP contribution in [-0.2, 0) is 9.59 Å². The molecule has 0 radical (unpaired) electrons. The summed E-state index contributed by atoms with van der Waals surface area (Å²) in [6.07, 6.45) is 4.18. The largest absolute Gasteiger partial charge is 0.370 e. The number of para-hydroxylation sites is 1. The third-order valence-corrected chi connectivity index (χ3v) is 4.63. The second kappa shape index (κ2) is 7.98. The van der Waals surface area contributed by atoms with Crippen molar-refractivity contribution in [3.63, 3.8) is 0 Å². The first kappa shape index (κ1) is 17.2. The molecule has 6 heteroatoms. The van der Waals surface area contributed by atoms with Gasteiger partial charge in [0.2, 0.25) is 11.8 Å². The van der Waals surface area contributed by atoms with Crippen molar-refractivity contribution in [3.8, 4) is 0 Å². The monoisotopic (exact) mass is 340 g/mol. The molecule has 0 saturated carbocycles. The molecule has 2 amide bonds. The zero-order chi connectivity index (χ0) is 17.6. The number of anilines is 1. The summed E-state index contributed by atoms with van der Waals surface area (Å²) in [7, 11) is 0. The molecule has 1 atom stereocenters. The number of aromatic amines is 1. The quantitative estimate of drug-likeness (QED) is 0.809. The summed E-state index contributed by atoms with van der Waals surface area (Å²) in [6, 6.07) is 13.7. The molecule has 2 aromatic rings. The maximum atomic E-state index is 12.9. The number of likely N-dealkylation sites (tertiary alicyclic amines) is 1. The molecular weight excluding hydrogens is 316 g/mol. The Hall–Kier alpha value is -2.60. The van der Waals surface area contributed by atoms with Gasteiger partial charge in [0.25, 0.3) is 0 Å². The molecule has 1 fully saturated rings. The number of carbonyl (C=O) groups is 2. The molecule has 1 saturated heterocycles. The highest BCUT2D eigenvalue weighted by Gasteiger charge is 2.29. The molecule has 6 nitrogen and oxygen atoms in total. The van der Waals surface area contributed by atoms with E-state index < -0.39 is 5.91 Å². The van der Waals surface area contributed by atoms with Crippen molar-refractivity contribution < 1.29 is 9.59 Å². The van der Waals surface area contributed by atoms with Crippen LogP contribution in [-0.4, -0.2) is 41.3 Å². The number of rotatable bonds is 7. The zero-order valence-electron chi connectivity index (χ0n) is 14.2. The van der Waals surface area contributed by atoms with E-state index in [0.717, 1.165) is 30.8 Å². The van der Waals surface area contributed by atoms with Gasteiger partial charge in [-0.2, -0.15) is 0 Å². The summed E-state index contributed by atoms with van der Waals surface area (Å²) < 4.78 is 0. The third kappa shape index (κ3) is 4.28. The van der Waals surface area contributed by atoms with E-state index in [2.05, 4.69) is 16.0 Å². The minimum absolute atomic E-state index is 0.00842. The van der Waals surface area contributed by atoms with Crippen LogP contribution in [0.2, 0.25) is 0 Å². The van der Waals surface area contributed by atoms with Crippen LogP contribution in [0.3, 0.4) is 0 Å². The standard InChI is InChI=1S/C19H24N4O2/c20-18(24)10-13-23(15-6-2-1-3-7-15)19(25)14-22-12-5-9-17(22)16-8-4-11-21-16/h1-4,6-8,11,17,21H,5,9-10,12-14H2,(H2,20,24)/t17-/m0/s1. The number of nitrogens with zero attached hydrogens (tertiary/aromatic N) is 2. The van der Waals surface area contributed by atoms with Gasteiger partial charge < -0.3 is 15.6 Å². The van der Waals surface area contributed by atoms with E-state index >= 15 is 0 Å². The van der Waals surface area contributed by atoms with Crippen LogP contribution in [0.25, 0.3) is 0 Å². The highest BCUT2D eigenvalue weighted by Crippen LogP contribution is 2.30. The number of nitrogens with two attached hydrogens (primary N) is 1. The molecule has 0 aliphatic carbocycles. The third-order valence-electron chi connectivity index (χ3n) is 4.63. The van der Waals surface area contributed by atoms with Crippen LogP contribution < -0.4 is 10.6 Å². The Morgan fingerprint density at radius 1 is 1.20 bits per heavy atom. The van der Waals surface area contributed by atoms with E-state index in [1.165, 1.54) is 0 Å². The van der Waals surface area contributed by atoms with Crippen molar-refractivity contribution in [1.29, 1.82) is 0 Å². The van der Waals surface area contributed by atoms with Gasteiger partial charge in [-0.1, -0.05) is 18.2 Å². The molecule has 25 heavy (non-hydrogen) atoms. The summed E-state index contributed by atoms with van der Waals surface area (Å²) in [5.41, 5.74) is 7.22. The van der Waals surface area contributed by atoms with Crippen molar-refractivity contribution in [2.24, 2.45) is 5.73 Å². The first-order valence-corrected chi connectivity index (χ1v) is 8.66. The number of hydrogen-bond acceptors (Lipinski definition) is 3. The maximum absolute atomic E-state index is 12.9. The smallest absolute Gasteiger partial charge is 0.241 e. The Morgan fingerprint density at radius 3 is 2.68 bits per heavy atom. The van der Waals surface area contributed by atoms with Gasteiger partial charge in [0.1, 0.15) is 0 Å². The topological polar surface area (TPSA) is 82.4 Å². The van der Waals surface area contributed by atoms with Gasteiger partial charge in [0, 0.05) is 30.5 Å². The molecule has 0 spiro atoms. The number of primary amides is 1. The van der Waals surface area contributed by atoms with Crippen LogP contribution in [0, 0.1) is 0 Å². The fourth-order valence-corrected chi connectivity index (χ4v) is 3.41. The van der Waals surface area contributed by atoms with E-state index in [1.807, 2.05) is 42.6 Å². The normalized spacial score (nSPS) is 17.5. The highest BCUT2D eigenvalue weighted by molar-refractivity contribution is 5.95. The van der Waals surface area contributed by atoms with Crippen molar-refractivity contribution in [1.82, 2.24) is 9.88 Å². The lowest BCUT2D eigenvalue weighted by Crippen LogP contribution is -2.41. The van der Waals surface area contributed by atoms with E-state index in [0.29, 0.717) is 13.1 Å². The van der Waals surface area contributed by atoms with E-state index in [-0.39, 0.29) is 18.4 Å². The minimum atomic E-state index is -0.404. The fourth-order valence-electron chi connectivity index (χ4n) is 3.41. The van der Waals surface area contributed by atoms with Crippen molar-refractivity contribution >= 4 is 17.5 Å². The van der Waals surface area contributed by atoms with Crippen LogP contribution in [0.5, 0.6) is 0 Å². The minimum Gasteiger partial charge on any atom is -0.370 e. The second-order valence-electron chi connectivity index (χ2n) is 6.35. The van der Waals surface area contributed by atoms with Crippen molar-refractivity contribution in [2.45, 2.75) is 25.3 Å². The van der Waals surface area contributed by atoms with Gasteiger partial charge in [0.05, 0.1) is 12.6 Å². The molecule has 132 valence electrons. The van der Waals surface area contributed by atoms with E-state index in [1.54, 1.807) is 4.90 Å². The Balaban J connectivity index is 1.72. The van der Waals surface area contributed by atoms with Crippen molar-refractivity contribution in [2.75, 3.05) is 24.5 Å². The molecule has 1 aromatic carbocycles. The number of carbonyl (C=O) groups excluding carboxylic acids is 2. The van der Waals surface area contributed by atoms with Crippen LogP contribution in [0.1, 0.15) is 31.0 Å². The molecule has 3 rings (SSSR count). The summed E-state index contributed by atoms with van der Waals surface area (Å²) in [6.45, 7) is 1.53. The average Bonchev–Trinajstić information content (AvgIpc) is 3.27. The van der Waals surface area contributed by atoms with E-state index in [9.17, 15) is 9.59 Å². The zero-order valence-corrected chi connectivity index (χ0v) is 14.2. The summed E-state index contributed by atoms with van der Waals surface area (Å²) in [4.78, 5) is 31.2. The fraction of sp³-hybridized carbons (Fsp3) is 0.368. The summed E-state index contributed by atoms with van der Waals surface area (Å²) >= 11 is 0. The highest BCUT2D eigenvalue weighted by atomic mass is 16.2. The lowest BCUT2D eigenvalue weighted by atomic mass is 10.1. The van der Waals surface area contributed by atoms with Gasteiger partial charge in [-0.15, -0.1) is 0 Å². The van der Waals surface area contributed by atoms with Gasteiger partial charge in [-0.3, -0.25) is 14.5 Å². The SMILES string of the molecule is NC(=O)CCN(C(=O)CN1CCC[C@H]1c1ccc[nH]1)c1ccccc1. The average molecular weight is 340 g/mol. The van der Waals surface area contributed by atoms with Gasteiger partial charge in [0.15, 0.2) is 0 Å². The molecule has 1 aliphatic rings. The Labute approximate surface area is 147 Å². The van der Waals surface area contributed by atoms with Gasteiger partial charge >= 0.3 is 0 Å². The number of aromatic nitrogens is 1. The maximum Gasteiger partial charge on any atom is 0.241 e. The van der Waals surface area contributed by atoms with Gasteiger partial charge in [-0.25, -0.2) is 0 Å². The Bertz CT molecular complexity index is 699. The molecule has 3 N–H and O–H groups in total. The summed E-state index contributed by atoms with van der Waals surface area (Å²) in [5, 5.41) is 0. The van der Waals surface area contributed by atoms with Crippen LogP contribution in [0.4, 0.5) is 5.69 Å². The first-order chi connectivity index (χ1) is 12.1. The lowest BCUT2D eigenvalue weighted by Gasteiger charge is -2.28. The van der Waals surface area contributed by atoms with Crippen molar-refractivity contribution in [3.05, 3.63) is 54.4 Å². The molecule has 1 aliphatic heterocycles. The van der Waals surface area contributed by atoms with Crippen LogP contribution >= 0.6 is 0 Å². The van der Waals surface area contributed by atoms with Gasteiger partial charge in [-0.05, 0) is 43.7 Å². The van der Waals surface area contributed by atoms with E-state index in [4.69, 9.17) is 5.73 Å². The number of H-pyrrole nitrogens is 1. The summed E-state index contributed by atoms with van der Waals surface area (Å²) in [5.74, 6) is -0.412. The second-order valence-corrected chi connectivity index (χ2v) is 6.35. The van der Waals surface area contributed by atoms with Crippen LogP contribution in [0.15, 0.2) is 48.7 Å². The molecule has 2 heterocycles. The lowest BCUT2D eigenvalue weighted by molar-refractivity contribution is -0.120. The Kier molecular flexibility index (Phi) is 5.50.